The smallest absolute Gasteiger partial charge is 0.221 e. The summed E-state index contributed by atoms with van der Waals surface area (Å²) in [5.74, 6) is 1.30. The minimum absolute atomic E-state index is 0.0191. The lowest BCUT2D eigenvalue weighted by Crippen LogP contribution is -2.15. The monoisotopic (exact) mass is 178 g/mol. The topological polar surface area (TPSA) is 60.1 Å². The van der Waals surface area contributed by atoms with E-state index in [0.29, 0.717) is 12.2 Å². The number of aromatic nitrogens is 3. The largest absolute Gasteiger partial charge is 0.290 e. The fourth-order valence-corrected chi connectivity index (χ4v) is 1.24. The molecular weight excluding hydrogens is 168 g/mol. The third kappa shape index (κ3) is 1.16. The van der Waals surface area contributed by atoms with Crippen LogP contribution in [0.25, 0.3) is 0 Å². The maximum atomic E-state index is 11.3. The maximum absolute atomic E-state index is 11.3. The van der Waals surface area contributed by atoms with Gasteiger partial charge in [-0.3, -0.25) is 4.79 Å². The van der Waals surface area contributed by atoms with Gasteiger partial charge in [0.1, 0.15) is 0 Å². The van der Waals surface area contributed by atoms with Gasteiger partial charge in [-0.25, -0.2) is 0 Å². The molecule has 0 atom stereocenters. The summed E-state index contributed by atoms with van der Waals surface area (Å²) in [7, 11) is 0. The first-order chi connectivity index (χ1) is 6.20. The summed E-state index contributed by atoms with van der Waals surface area (Å²) < 4.78 is 1.52. The van der Waals surface area contributed by atoms with Crippen molar-refractivity contribution in [1.29, 1.82) is 0 Å². The molecule has 0 N–H and O–H groups in total. The molecule has 2 heterocycles. The number of Topliss-reactive ketones (excluding diaryl/α,β-unsaturated/α-hetero) is 1. The predicted molar refractivity (Wildman–Crippen MR) is 46.9 cm³/mol. The molecule has 2 rings (SSSR count). The Morgan fingerprint density at radius 3 is 2.92 bits per heavy atom. The van der Waals surface area contributed by atoms with Gasteiger partial charge in [-0.05, 0) is 0 Å². The highest BCUT2D eigenvalue weighted by molar-refractivity contribution is 6.02. The lowest BCUT2D eigenvalue weighted by molar-refractivity contribution is 0.0984. The van der Waals surface area contributed by atoms with Crippen LogP contribution in [0.3, 0.4) is 0 Å². The Hall–Kier alpha value is -1.52. The zero-order valence-electron chi connectivity index (χ0n) is 7.56. The summed E-state index contributed by atoms with van der Waals surface area (Å²) in [6.07, 6.45) is 1.92. The molecule has 5 nitrogen and oxygen atoms in total. The summed E-state index contributed by atoms with van der Waals surface area (Å²) in [5, 5.41) is 11.8. The molecule has 1 aliphatic heterocycles. The van der Waals surface area contributed by atoms with Crippen molar-refractivity contribution in [3.8, 4) is 0 Å². The Labute approximate surface area is 75.5 Å². The normalized spacial score (nSPS) is 15.2. The maximum Gasteiger partial charge on any atom is 0.221 e. The summed E-state index contributed by atoms with van der Waals surface area (Å²) in [5.41, 5.74) is 0. The van der Waals surface area contributed by atoms with Gasteiger partial charge in [-0.1, -0.05) is 13.8 Å². The summed E-state index contributed by atoms with van der Waals surface area (Å²) in [6.45, 7) is 3.98. The van der Waals surface area contributed by atoms with E-state index in [1.54, 1.807) is 6.21 Å². The lowest BCUT2D eigenvalue weighted by Gasteiger charge is -2.07. The van der Waals surface area contributed by atoms with E-state index in [1.807, 2.05) is 13.8 Å². The van der Waals surface area contributed by atoms with Crippen molar-refractivity contribution < 1.29 is 4.79 Å². The number of carbonyl (C=O) groups excluding carboxylic acids is 1. The standard InChI is InChI=1S/C8H10N4O/c1-5(2)7-10-11-8-6(13)3-4-9-12(7)8/h4-5H,3H2,1-2H3. The highest BCUT2D eigenvalue weighted by Crippen LogP contribution is 2.15. The molecule has 0 aromatic carbocycles. The van der Waals surface area contributed by atoms with Crippen molar-refractivity contribution in [2.24, 2.45) is 5.10 Å². The zero-order valence-corrected chi connectivity index (χ0v) is 7.56. The second-order valence-electron chi connectivity index (χ2n) is 3.27. The highest BCUT2D eigenvalue weighted by Gasteiger charge is 2.21. The molecule has 1 aliphatic rings. The van der Waals surface area contributed by atoms with Crippen LogP contribution in [0.4, 0.5) is 0 Å². The van der Waals surface area contributed by atoms with Gasteiger partial charge >= 0.3 is 0 Å². The van der Waals surface area contributed by atoms with Crippen LogP contribution in [0.15, 0.2) is 5.10 Å². The van der Waals surface area contributed by atoms with Gasteiger partial charge in [0, 0.05) is 12.1 Å². The SMILES string of the molecule is CC(C)c1nnc2n1N=CCC2=O. The molecule has 13 heavy (non-hydrogen) atoms. The van der Waals surface area contributed by atoms with Crippen molar-refractivity contribution in [2.75, 3.05) is 0 Å². The number of hydrogen-bond donors (Lipinski definition) is 0. The molecule has 5 heteroatoms. The Morgan fingerprint density at radius 1 is 1.46 bits per heavy atom. The summed E-state index contributed by atoms with van der Waals surface area (Å²) in [4.78, 5) is 11.3. The van der Waals surface area contributed by atoms with E-state index in [9.17, 15) is 4.79 Å². The van der Waals surface area contributed by atoms with Crippen molar-refractivity contribution in [1.82, 2.24) is 14.9 Å². The van der Waals surface area contributed by atoms with Crippen LogP contribution in [-0.2, 0) is 0 Å². The van der Waals surface area contributed by atoms with Crippen LogP contribution in [-0.4, -0.2) is 26.9 Å². The van der Waals surface area contributed by atoms with E-state index in [4.69, 9.17) is 0 Å². The molecule has 0 spiro atoms. The van der Waals surface area contributed by atoms with E-state index in [0.717, 1.165) is 5.82 Å². The van der Waals surface area contributed by atoms with Gasteiger partial charge in [0.25, 0.3) is 0 Å². The number of hydrogen-bond acceptors (Lipinski definition) is 4. The van der Waals surface area contributed by atoms with Crippen LogP contribution >= 0.6 is 0 Å². The highest BCUT2D eigenvalue weighted by atomic mass is 16.1. The second-order valence-corrected chi connectivity index (χ2v) is 3.27. The number of carbonyl (C=O) groups is 1. The molecule has 0 saturated carbocycles. The van der Waals surface area contributed by atoms with Gasteiger partial charge in [0.05, 0.1) is 6.42 Å². The Bertz CT molecular complexity index is 377. The number of rotatable bonds is 1. The number of fused-ring (bicyclic) bond motifs is 1. The van der Waals surface area contributed by atoms with Gasteiger partial charge in [-0.15, -0.1) is 10.2 Å². The molecule has 0 saturated heterocycles. The third-order valence-electron chi connectivity index (χ3n) is 1.90. The number of ketones is 1. The van der Waals surface area contributed by atoms with Crippen LogP contribution in [0.2, 0.25) is 0 Å². The second kappa shape index (κ2) is 2.76. The average molecular weight is 178 g/mol. The van der Waals surface area contributed by atoms with Gasteiger partial charge in [0.2, 0.25) is 11.6 Å². The zero-order chi connectivity index (χ0) is 9.42. The fourth-order valence-electron chi connectivity index (χ4n) is 1.24. The molecular formula is C8H10N4O. The molecule has 68 valence electrons. The summed E-state index contributed by atoms with van der Waals surface area (Å²) >= 11 is 0. The van der Waals surface area contributed by atoms with Gasteiger partial charge < -0.3 is 0 Å². The summed E-state index contributed by atoms with van der Waals surface area (Å²) in [6, 6.07) is 0. The Balaban J connectivity index is 2.55. The minimum Gasteiger partial charge on any atom is -0.290 e. The van der Waals surface area contributed by atoms with Crippen molar-refractivity contribution in [3.63, 3.8) is 0 Å². The third-order valence-corrected chi connectivity index (χ3v) is 1.90. The molecule has 1 aromatic rings. The van der Waals surface area contributed by atoms with E-state index >= 15 is 0 Å². The van der Waals surface area contributed by atoms with E-state index < -0.39 is 0 Å². The quantitative estimate of drug-likeness (QED) is 0.639. The minimum atomic E-state index is -0.0191. The van der Waals surface area contributed by atoms with Crippen LogP contribution in [0.5, 0.6) is 0 Å². The first kappa shape index (κ1) is 8.10. The van der Waals surface area contributed by atoms with E-state index in [2.05, 4.69) is 15.3 Å². The first-order valence-corrected chi connectivity index (χ1v) is 4.21. The number of nitrogens with zero attached hydrogens (tertiary/aromatic N) is 4. The Kier molecular flexibility index (Phi) is 1.72. The van der Waals surface area contributed by atoms with Gasteiger partial charge in [0.15, 0.2) is 5.82 Å². The average Bonchev–Trinajstić information content (AvgIpc) is 2.48. The van der Waals surface area contributed by atoms with Gasteiger partial charge in [-0.2, -0.15) is 9.78 Å². The molecule has 0 bridgehead atoms. The van der Waals surface area contributed by atoms with Crippen molar-refractivity contribution in [2.45, 2.75) is 26.2 Å². The van der Waals surface area contributed by atoms with Crippen molar-refractivity contribution >= 4 is 12.0 Å². The molecule has 0 fully saturated rings. The Morgan fingerprint density at radius 2 is 2.23 bits per heavy atom. The van der Waals surface area contributed by atoms with Crippen LogP contribution in [0.1, 0.15) is 42.6 Å². The van der Waals surface area contributed by atoms with Crippen molar-refractivity contribution in [3.05, 3.63) is 11.6 Å². The predicted octanol–water partition coefficient (Wildman–Crippen LogP) is 0.822. The van der Waals surface area contributed by atoms with E-state index in [1.165, 1.54) is 4.68 Å². The molecule has 0 unspecified atom stereocenters. The molecule has 0 amide bonds. The fraction of sp³-hybridized carbons (Fsp3) is 0.500. The molecule has 0 aliphatic carbocycles. The lowest BCUT2D eigenvalue weighted by atomic mass is 10.2. The van der Waals surface area contributed by atoms with Crippen LogP contribution < -0.4 is 0 Å². The molecule has 1 aromatic heterocycles. The molecule has 0 radical (unpaired) electrons. The van der Waals surface area contributed by atoms with E-state index in [-0.39, 0.29) is 11.7 Å². The van der Waals surface area contributed by atoms with Crippen LogP contribution in [0, 0.1) is 0 Å². The first-order valence-electron chi connectivity index (χ1n) is 4.21.